The fraction of sp³-hybridized carbons (Fsp3) is 0.636. The van der Waals surface area contributed by atoms with Gasteiger partial charge in [-0.05, 0) is 62.3 Å². The molecule has 1 heterocycles. The van der Waals surface area contributed by atoms with Crippen molar-refractivity contribution in [1.29, 1.82) is 0 Å². The Kier molecular flexibility index (Phi) is 7.18. The molecule has 1 saturated heterocycles. The maximum Gasteiger partial charge on any atom is 0.338 e. The van der Waals surface area contributed by atoms with Gasteiger partial charge in [0, 0.05) is 19.1 Å². The molecular weight excluding hydrogens is 404 g/mol. The first-order valence-corrected chi connectivity index (χ1v) is 12.2. The molecule has 0 radical (unpaired) electrons. The fourth-order valence-electron chi connectivity index (χ4n) is 4.38. The molecule has 0 unspecified atom stereocenters. The summed E-state index contributed by atoms with van der Waals surface area (Å²) in [6.45, 7) is 6.66. The van der Waals surface area contributed by atoms with Crippen LogP contribution in [0.15, 0.2) is 29.2 Å². The molecule has 0 spiro atoms. The lowest BCUT2D eigenvalue weighted by molar-refractivity contribution is -0.129. The van der Waals surface area contributed by atoms with E-state index in [1.807, 2.05) is 0 Å². The van der Waals surface area contributed by atoms with Gasteiger partial charge in [0.1, 0.15) is 0 Å². The SMILES string of the molecule is C[C@@H]1C[C@H](C)CN(S(=O)(=O)c2ccc(C(=O)O[C@H](C)C(=O)NC3CCCC3)cc2)C1. The largest absolute Gasteiger partial charge is 0.449 e. The van der Waals surface area contributed by atoms with E-state index in [4.69, 9.17) is 4.74 Å². The highest BCUT2D eigenvalue weighted by atomic mass is 32.2. The molecule has 1 aromatic carbocycles. The van der Waals surface area contributed by atoms with Crippen molar-refractivity contribution in [3.8, 4) is 0 Å². The number of hydrogen-bond acceptors (Lipinski definition) is 5. The van der Waals surface area contributed by atoms with Gasteiger partial charge in [-0.1, -0.05) is 26.7 Å². The van der Waals surface area contributed by atoms with Crippen molar-refractivity contribution < 1.29 is 22.7 Å². The third-order valence-electron chi connectivity index (χ3n) is 5.92. The van der Waals surface area contributed by atoms with Crippen molar-refractivity contribution >= 4 is 21.9 Å². The quantitative estimate of drug-likeness (QED) is 0.692. The van der Waals surface area contributed by atoms with Gasteiger partial charge in [-0.25, -0.2) is 13.2 Å². The van der Waals surface area contributed by atoms with Gasteiger partial charge in [-0.2, -0.15) is 4.31 Å². The lowest BCUT2D eigenvalue weighted by Crippen LogP contribution is -2.42. The van der Waals surface area contributed by atoms with Crippen molar-refractivity contribution in [2.24, 2.45) is 11.8 Å². The summed E-state index contributed by atoms with van der Waals surface area (Å²) in [6, 6.07) is 5.89. The van der Waals surface area contributed by atoms with Crippen molar-refractivity contribution in [3.05, 3.63) is 29.8 Å². The molecule has 3 rings (SSSR count). The Balaban J connectivity index is 1.61. The van der Waals surface area contributed by atoms with Gasteiger partial charge >= 0.3 is 5.97 Å². The minimum atomic E-state index is -3.60. The Morgan fingerprint density at radius 1 is 1.07 bits per heavy atom. The van der Waals surface area contributed by atoms with E-state index in [0.717, 1.165) is 32.1 Å². The zero-order valence-corrected chi connectivity index (χ0v) is 18.8. The second-order valence-electron chi connectivity index (χ2n) is 8.83. The molecule has 2 aliphatic rings. The van der Waals surface area contributed by atoms with Crippen molar-refractivity contribution in [3.63, 3.8) is 0 Å². The summed E-state index contributed by atoms with van der Waals surface area (Å²) >= 11 is 0. The summed E-state index contributed by atoms with van der Waals surface area (Å²) in [4.78, 5) is 24.7. The summed E-state index contributed by atoms with van der Waals surface area (Å²) < 4.78 is 32.7. The Labute approximate surface area is 179 Å². The number of benzene rings is 1. The highest BCUT2D eigenvalue weighted by molar-refractivity contribution is 7.89. The smallest absolute Gasteiger partial charge is 0.338 e. The highest BCUT2D eigenvalue weighted by Gasteiger charge is 2.32. The minimum Gasteiger partial charge on any atom is -0.449 e. The van der Waals surface area contributed by atoms with Crippen LogP contribution < -0.4 is 5.32 Å². The van der Waals surface area contributed by atoms with Crippen LogP contribution in [0.1, 0.15) is 63.2 Å². The second-order valence-corrected chi connectivity index (χ2v) is 10.8. The Bertz CT molecular complexity index is 852. The number of nitrogens with zero attached hydrogens (tertiary/aromatic N) is 1. The standard InChI is InChI=1S/C22H32N2O5S/c1-15-12-16(2)14-24(13-15)30(27,28)20-10-8-18(9-11-20)22(26)29-17(3)21(25)23-19-6-4-5-7-19/h8-11,15-17,19H,4-7,12-14H2,1-3H3,(H,23,25)/t15-,16+,17-/m1/s1. The van der Waals surface area contributed by atoms with E-state index in [0.29, 0.717) is 24.9 Å². The van der Waals surface area contributed by atoms with Crippen LogP contribution in [-0.2, 0) is 19.6 Å². The van der Waals surface area contributed by atoms with E-state index < -0.39 is 22.1 Å². The average molecular weight is 437 g/mol. The summed E-state index contributed by atoms with van der Waals surface area (Å²) in [7, 11) is -3.60. The van der Waals surface area contributed by atoms with Gasteiger partial charge < -0.3 is 10.1 Å². The number of piperidine rings is 1. The van der Waals surface area contributed by atoms with Gasteiger partial charge in [-0.3, -0.25) is 4.79 Å². The lowest BCUT2D eigenvalue weighted by atomic mass is 9.94. The first-order valence-electron chi connectivity index (χ1n) is 10.8. The fourth-order valence-corrected chi connectivity index (χ4v) is 6.06. The predicted octanol–water partition coefficient (Wildman–Crippen LogP) is 2.96. The number of ether oxygens (including phenoxy) is 1. The molecule has 8 heteroatoms. The number of sulfonamides is 1. The number of carbonyl (C=O) groups excluding carboxylic acids is 2. The summed E-state index contributed by atoms with van der Waals surface area (Å²) in [5.41, 5.74) is 0.217. The Morgan fingerprint density at radius 2 is 1.63 bits per heavy atom. The van der Waals surface area contributed by atoms with Gasteiger partial charge in [-0.15, -0.1) is 0 Å². The van der Waals surface area contributed by atoms with E-state index in [1.54, 1.807) is 6.92 Å². The van der Waals surface area contributed by atoms with Gasteiger partial charge in [0.2, 0.25) is 10.0 Å². The van der Waals surface area contributed by atoms with Gasteiger partial charge in [0.15, 0.2) is 6.10 Å². The molecule has 7 nitrogen and oxygen atoms in total. The predicted molar refractivity (Wildman–Crippen MR) is 113 cm³/mol. The first-order chi connectivity index (χ1) is 14.2. The topological polar surface area (TPSA) is 92.8 Å². The maximum atomic E-state index is 12.9. The van der Waals surface area contributed by atoms with E-state index >= 15 is 0 Å². The Morgan fingerprint density at radius 3 is 2.20 bits per heavy atom. The normalized spacial score (nSPS) is 24.4. The summed E-state index contributed by atoms with van der Waals surface area (Å²) in [5, 5.41) is 2.91. The van der Waals surface area contributed by atoms with E-state index in [1.165, 1.54) is 28.6 Å². The Hall–Kier alpha value is -1.93. The van der Waals surface area contributed by atoms with Gasteiger partial charge in [0.05, 0.1) is 10.5 Å². The van der Waals surface area contributed by atoms with E-state index in [-0.39, 0.29) is 22.4 Å². The maximum absolute atomic E-state index is 12.9. The summed E-state index contributed by atoms with van der Waals surface area (Å²) in [5.74, 6) is -0.319. The lowest BCUT2D eigenvalue weighted by Gasteiger charge is -2.34. The molecule has 1 amide bonds. The molecule has 0 aromatic heterocycles. The first kappa shape index (κ1) is 22.7. The van der Waals surface area contributed by atoms with Crippen molar-refractivity contribution in [2.45, 2.75) is 69.9 Å². The van der Waals surface area contributed by atoms with Crippen molar-refractivity contribution in [2.75, 3.05) is 13.1 Å². The number of hydrogen-bond donors (Lipinski definition) is 1. The molecule has 1 saturated carbocycles. The van der Waals surface area contributed by atoms with Crippen LogP contribution in [0, 0.1) is 11.8 Å². The molecule has 1 aliphatic heterocycles. The molecule has 166 valence electrons. The number of nitrogens with one attached hydrogen (secondary N) is 1. The third-order valence-corrected chi connectivity index (χ3v) is 7.76. The molecule has 30 heavy (non-hydrogen) atoms. The number of esters is 1. The number of rotatable bonds is 6. The molecule has 3 atom stereocenters. The number of amides is 1. The van der Waals surface area contributed by atoms with Crippen molar-refractivity contribution in [1.82, 2.24) is 9.62 Å². The zero-order valence-electron chi connectivity index (χ0n) is 18.0. The molecule has 1 aromatic rings. The summed E-state index contributed by atoms with van der Waals surface area (Å²) in [6.07, 6.45) is 4.22. The van der Waals surface area contributed by atoms with Crippen LogP contribution in [0.4, 0.5) is 0 Å². The van der Waals surface area contributed by atoms with E-state index in [9.17, 15) is 18.0 Å². The second kappa shape index (κ2) is 9.47. The van der Waals surface area contributed by atoms with Crippen LogP contribution >= 0.6 is 0 Å². The minimum absolute atomic E-state index is 0.156. The zero-order chi connectivity index (χ0) is 21.9. The van der Waals surface area contributed by atoms with E-state index in [2.05, 4.69) is 19.2 Å². The molecule has 1 N–H and O–H groups in total. The highest BCUT2D eigenvalue weighted by Crippen LogP contribution is 2.27. The van der Waals surface area contributed by atoms with Crippen LogP contribution in [-0.4, -0.2) is 49.8 Å². The van der Waals surface area contributed by atoms with Gasteiger partial charge in [0.25, 0.3) is 5.91 Å². The van der Waals surface area contributed by atoms with Crippen LogP contribution in [0.5, 0.6) is 0 Å². The molecular formula is C22H32N2O5S. The van der Waals surface area contributed by atoms with Crippen LogP contribution in [0.2, 0.25) is 0 Å². The molecule has 0 bridgehead atoms. The third kappa shape index (κ3) is 5.40. The molecule has 2 fully saturated rings. The number of carbonyl (C=O) groups is 2. The van der Waals surface area contributed by atoms with Crippen LogP contribution in [0.25, 0.3) is 0 Å². The monoisotopic (exact) mass is 436 g/mol. The average Bonchev–Trinajstić information content (AvgIpc) is 3.20. The van der Waals surface area contributed by atoms with Crippen LogP contribution in [0.3, 0.4) is 0 Å². The molecule has 1 aliphatic carbocycles.